The minimum absolute atomic E-state index is 0. The Morgan fingerprint density at radius 3 is 2.58 bits per heavy atom. The number of para-hydroxylation sites is 2. The molecule has 19 heavy (non-hydrogen) atoms. The third-order valence-electron chi connectivity index (χ3n) is 2.99. The Labute approximate surface area is 126 Å². The fourth-order valence-electron chi connectivity index (χ4n) is 2.12. The van der Waals surface area contributed by atoms with E-state index in [9.17, 15) is 4.39 Å². The van der Waals surface area contributed by atoms with Crippen LogP contribution in [0.25, 0.3) is 0 Å². The molecule has 0 spiro atoms. The van der Waals surface area contributed by atoms with Gasteiger partial charge < -0.3 is 9.62 Å². The molecule has 2 aromatic rings. The van der Waals surface area contributed by atoms with Crippen LogP contribution >= 0.6 is 0 Å². The van der Waals surface area contributed by atoms with E-state index in [1.165, 1.54) is 0 Å². The largest absolute Gasteiger partial charge is 0.400 e. The average Bonchev–Trinajstić information content (AvgIpc) is 2.77. The second-order valence-electron chi connectivity index (χ2n) is 4.21. The minimum atomic E-state index is -0.542. The molecule has 0 atom stereocenters. The summed E-state index contributed by atoms with van der Waals surface area (Å²) in [6, 6.07) is 13.5. The van der Waals surface area contributed by atoms with Crippen molar-refractivity contribution in [2.45, 2.75) is 6.67 Å². The molecule has 3 rings (SSSR count). The summed E-state index contributed by atoms with van der Waals surface area (Å²) in [5.74, 6) is 0.738. The summed E-state index contributed by atoms with van der Waals surface area (Å²) >= 11 is 0. The first-order chi connectivity index (χ1) is 8.79. The van der Waals surface area contributed by atoms with Crippen molar-refractivity contribution in [3.63, 3.8) is 0 Å². The van der Waals surface area contributed by atoms with Crippen molar-refractivity contribution in [1.29, 1.82) is 0 Å². The Hall–Kier alpha value is -1.39. The van der Waals surface area contributed by atoms with E-state index in [1.807, 2.05) is 60.6 Å². The van der Waals surface area contributed by atoms with Gasteiger partial charge in [0.25, 0.3) is 0 Å². The number of pyridine rings is 1. The van der Waals surface area contributed by atoms with Crippen LogP contribution < -0.4 is 9.62 Å². The molecule has 0 N–H and O–H groups in total. The zero-order chi connectivity index (χ0) is 12.5. The molecule has 6 heteroatoms. The SMILES string of the molecule is CN1[B]N(c2cccc(CF)n2)c2ccccc21.[Ir]. The molecule has 0 amide bonds. The number of halogens is 1. The molecule has 2 heterocycles. The van der Waals surface area contributed by atoms with Gasteiger partial charge in [0, 0.05) is 25.8 Å². The summed E-state index contributed by atoms with van der Waals surface area (Å²) in [4.78, 5) is 8.29. The second-order valence-corrected chi connectivity index (χ2v) is 4.21. The molecule has 0 bridgehead atoms. The number of fused-ring (bicyclic) bond motifs is 1. The Morgan fingerprint density at radius 2 is 1.84 bits per heavy atom. The summed E-state index contributed by atoms with van der Waals surface area (Å²) in [6.45, 7) is -0.542. The van der Waals surface area contributed by atoms with Crippen LogP contribution in [0.3, 0.4) is 0 Å². The molecular formula is C13H12BFIrN3. The van der Waals surface area contributed by atoms with Gasteiger partial charge >= 0.3 is 7.55 Å². The fraction of sp³-hybridized carbons (Fsp3) is 0.154. The molecule has 0 saturated heterocycles. The average molecular weight is 432 g/mol. The first-order valence-corrected chi connectivity index (χ1v) is 5.77. The molecule has 0 aliphatic carbocycles. The molecule has 1 aliphatic heterocycles. The quantitative estimate of drug-likeness (QED) is 0.681. The molecule has 1 aliphatic rings. The van der Waals surface area contributed by atoms with Gasteiger partial charge in [-0.05, 0) is 31.3 Å². The monoisotopic (exact) mass is 433 g/mol. The van der Waals surface area contributed by atoms with Crippen LogP contribution in [0.2, 0.25) is 0 Å². The Kier molecular flexibility index (Phi) is 4.22. The maximum absolute atomic E-state index is 12.7. The summed E-state index contributed by atoms with van der Waals surface area (Å²) in [5.41, 5.74) is 2.63. The first-order valence-electron chi connectivity index (χ1n) is 5.77. The van der Waals surface area contributed by atoms with E-state index in [4.69, 9.17) is 0 Å². The van der Waals surface area contributed by atoms with Gasteiger partial charge in [-0.25, -0.2) is 9.37 Å². The number of hydrogen-bond acceptors (Lipinski definition) is 3. The summed E-state index contributed by atoms with van der Waals surface area (Å²) < 4.78 is 12.7. The van der Waals surface area contributed by atoms with Crippen molar-refractivity contribution >= 4 is 24.7 Å². The number of benzene rings is 1. The molecule has 1 aromatic carbocycles. The molecule has 2 radical (unpaired) electrons. The summed E-state index contributed by atoms with van der Waals surface area (Å²) in [7, 11) is 3.94. The van der Waals surface area contributed by atoms with Gasteiger partial charge in [0.1, 0.15) is 12.5 Å². The molecular weight excluding hydrogens is 420 g/mol. The summed E-state index contributed by atoms with van der Waals surface area (Å²) in [6.07, 6.45) is 0. The van der Waals surface area contributed by atoms with Crippen LogP contribution in [0.5, 0.6) is 0 Å². The topological polar surface area (TPSA) is 19.4 Å². The smallest absolute Gasteiger partial charge is 0.397 e. The second kappa shape index (κ2) is 5.72. The van der Waals surface area contributed by atoms with Gasteiger partial charge in [-0.1, -0.05) is 18.2 Å². The molecule has 0 unspecified atom stereocenters. The maximum atomic E-state index is 12.7. The predicted molar refractivity (Wildman–Crippen MR) is 71.8 cm³/mol. The third kappa shape index (κ3) is 2.51. The molecule has 1 aromatic heterocycles. The van der Waals surface area contributed by atoms with E-state index in [0.717, 1.165) is 17.2 Å². The number of anilines is 3. The van der Waals surface area contributed by atoms with Crippen LogP contribution in [0.4, 0.5) is 21.6 Å². The summed E-state index contributed by atoms with van der Waals surface area (Å²) in [5, 5.41) is 0. The van der Waals surface area contributed by atoms with Crippen molar-refractivity contribution in [2.24, 2.45) is 0 Å². The van der Waals surface area contributed by atoms with Crippen LogP contribution in [0, 0.1) is 0 Å². The maximum Gasteiger partial charge on any atom is 0.397 e. The van der Waals surface area contributed by atoms with E-state index in [-0.39, 0.29) is 20.1 Å². The number of rotatable bonds is 2. The predicted octanol–water partition coefficient (Wildman–Crippen LogP) is 2.67. The molecule has 0 fully saturated rings. The number of nitrogens with zero attached hydrogens (tertiary/aromatic N) is 3. The zero-order valence-corrected chi connectivity index (χ0v) is 12.8. The first kappa shape index (κ1) is 14.0. The minimum Gasteiger partial charge on any atom is -0.400 e. The van der Waals surface area contributed by atoms with Crippen molar-refractivity contribution < 1.29 is 24.5 Å². The Bertz CT molecular complexity index is 581. The molecule has 0 saturated carbocycles. The van der Waals surface area contributed by atoms with Gasteiger partial charge in [-0.2, -0.15) is 0 Å². The van der Waals surface area contributed by atoms with Gasteiger partial charge in [0.2, 0.25) is 0 Å². The van der Waals surface area contributed by atoms with Gasteiger partial charge in [0.05, 0.1) is 11.4 Å². The van der Waals surface area contributed by atoms with Gasteiger partial charge in [-0.3, -0.25) is 0 Å². The van der Waals surface area contributed by atoms with Crippen molar-refractivity contribution in [3.05, 3.63) is 48.2 Å². The van der Waals surface area contributed by atoms with Gasteiger partial charge in [-0.15, -0.1) is 0 Å². The van der Waals surface area contributed by atoms with Crippen LogP contribution in [-0.2, 0) is 26.8 Å². The van der Waals surface area contributed by atoms with Crippen molar-refractivity contribution in [1.82, 2.24) is 4.98 Å². The van der Waals surface area contributed by atoms with Gasteiger partial charge in [0.15, 0.2) is 0 Å². The van der Waals surface area contributed by atoms with Crippen molar-refractivity contribution in [2.75, 3.05) is 16.7 Å². The van der Waals surface area contributed by atoms with E-state index in [0.29, 0.717) is 5.69 Å². The van der Waals surface area contributed by atoms with E-state index in [1.54, 1.807) is 6.07 Å². The molecule has 3 nitrogen and oxygen atoms in total. The number of aromatic nitrogens is 1. The standard InChI is InChI=1S/C13H12BFN3.Ir/c1-17-11-6-2-3-7-12(11)18(14-17)13-8-4-5-10(9-15)16-13;/h2-8H,9H2,1H3;. The van der Waals surface area contributed by atoms with Crippen molar-refractivity contribution in [3.8, 4) is 0 Å². The normalized spacial score (nSPS) is 12.7. The number of alkyl halides is 1. The Balaban J connectivity index is 0.00000133. The Morgan fingerprint density at radius 1 is 1.11 bits per heavy atom. The fourth-order valence-corrected chi connectivity index (χ4v) is 2.12. The van der Waals surface area contributed by atoms with E-state index in [2.05, 4.69) is 4.98 Å². The van der Waals surface area contributed by atoms with Crippen LogP contribution in [-0.4, -0.2) is 19.6 Å². The van der Waals surface area contributed by atoms with E-state index < -0.39 is 6.67 Å². The van der Waals surface area contributed by atoms with Crippen LogP contribution in [0.15, 0.2) is 42.5 Å². The van der Waals surface area contributed by atoms with Crippen LogP contribution in [0.1, 0.15) is 5.69 Å². The zero-order valence-electron chi connectivity index (χ0n) is 10.4. The number of hydrogen-bond donors (Lipinski definition) is 0. The molecule has 98 valence electrons. The third-order valence-corrected chi connectivity index (χ3v) is 2.99. The van der Waals surface area contributed by atoms with E-state index >= 15 is 0 Å².